The highest BCUT2D eigenvalue weighted by Gasteiger charge is 2.19. The average Bonchev–Trinajstić information content (AvgIpc) is 3.02. The maximum absolute atomic E-state index is 5.71. The zero-order valence-electron chi connectivity index (χ0n) is 13.6. The van der Waals surface area contributed by atoms with Gasteiger partial charge in [-0.25, -0.2) is 4.98 Å². The van der Waals surface area contributed by atoms with Gasteiger partial charge < -0.3 is 14.3 Å². The molecule has 0 saturated heterocycles. The van der Waals surface area contributed by atoms with Gasteiger partial charge >= 0.3 is 0 Å². The molecule has 1 unspecified atom stereocenters. The zero-order valence-corrected chi connectivity index (χ0v) is 13.6. The van der Waals surface area contributed by atoms with Crippen molar-refractivity contribution in [3.05, 3.63) is 41.4 Å². The van der Waals surface area contributed by atoms with E-state index in [4.69, 9.17) is 4.42 Å². The van der Waals surface area contributed by atoms with Gasteiger partial charge in [0.1, 0.15) is 17.3 Å². The molecule has 2 aromatic heterocycles. The molecule has 1 N–H and O–H groups in total. The minimum atomic E-state index is 0.264. The third-order valence-electron chi connectivity index (χ3n) is 3.75. The predicted molar refractivity (Wildman–Crippen MR) is 85.4 cm³/mol. The van der Waals surface area contributed by atoms with Crippen molar-refractivity contribution in [2.75, 3.05) is 6.54 Å². The van der Waals surface area contributed by atoms with Gasteiger partial charge in [0.25, 0.3) is 0 Å². The van der Waals surface area contributed by atoms with Crippen LogP contribution in [-0.4, -0.2) is 16.1 Å². The van der Waals surface area contributed by atoms with Gasteiger partial charge in [-0.3, -0.25) is 0 Å². The fourth-order valence-corrected chi connectivity index (χ4v) is 2.76. The number of furan rings is 1. The molecule has 0 aromatic carbocycles. The van der Waals surface area contributed by atoms with Crippen LogP contribution in [0.5, 0.6) is 0 Å². The van der Waals surface area contributed by atoms with E-state index in [1.165, 1.54) is 5.56 Å². The Morgan fingerprint density at radius 3 is 2.71 bits per heavy atom. The van der Waals surface area contributed by atoms with E-state index in [1.807, 2.05) is 20.0 Å². The van der Waals surface area contributed by atoms with Crippen molar-refractivity contribution in [2.24, 2.45) is 0 Å². The normalized spacial score (nSPS) is 12.8. The molecule has 0 radical (unpaired) electrons. The lowest BCUT2D eigenvalue weighted by Crippen LogP contribution is -2.25. The van der Waals surface area contributed by atoms with Crippen LogP contribution in [0.4, 0.5) is 0 Å². The monoisotopic (exact) mass is 289 g/mol. The largest absolute Gasteiger partial charge is 0.466 e. The van der Waals surface area contributed by atoms with Gasteiger partial charge in [0.15, 0.2) is 0 Å². The maximum Gasteiger partial charge on any atom is 0.110 e. The van der Waals surface area contributed by atoms with Crippen molar-refractivity contribution in [3.63, 3.8) is 0 Å². The number of aromatic nitrogens is 2. The first-order chi connectivity index (χ1) is 10.2. The maximum atomic E-state index is 5.71. The third kappa shape index (κ3) is 3.97. The number of nitrogens with one attached hydrogen (secondary N) is 1. The Kier molecular flexibility index (Phi) is 5.62. The van der Waals surface area contributed by atoms with Gasteiger partial charge in [-0.2, -0.15) is 0 Å². The molecule has 0 bridgehead atoms. The van der Waals surface area contributed by atoms with Crippen molar-refractivity contribution in [1.29, 1.82) is 0 Å². The van der Waals surface area contributed by atoms with Crippen LogP contribution >= 0.6 is 0 Å². The molecule has 0 spiro atoms. The Bertz CT molecular complexity index is 556. The van der Waals surface area contributed by atoms with Gasteiger partial charge in [-0.05, 0) is 39.3 Å². The second-order valence-corrected chi connectivity index (χ2v) is 5.62. The lowest BCUT2D eigenvalue weighted by Gasteiger charge is -2.18. The summed E-state index contributed by atoms with van der Waals surface area (Å²) in [5.41, 5.74) is 1.26. The van der Waals surface area contributed by atoms with E-state index in [0.29, 0.717) is 0 Å². The molecule has 4 heteroatoms. The Balaban J connectivity index is 2.20. The first kappa shape index (κ1) is 15.8. The van der Waals surface area contributed by atoms with Gasteiger partial charge in [0, 0.05) is 37.0 Å². The zero-order chi connectivity index (χ0) is 15.2. The topological polar surface area (TPSA) is 43.0 Å². The quantitative estimate of drug-likeness (QED) is 0.804. The molecule has 0 saturated carbocycles. The standard InChI is InChI=1S/C17H27N3O/c1-5-7-18-16(15-11-13(3)21-14(15)4)12-17-19-8-10-20(17)9-6-2/h8,10-11,16,18H,5-7,9,12H2,1-4H3. The summed E-state index contributed by atoms with van der Waals surface area (Å²) in [6.07, 6.45) is 7.11. The number of nitrogens with zero attached hydrogens (tertiary/aromatic N) is 2. The van der Waals surface area contributed by atoms with Crippen molar-refractivity contribution < 1.29 is 4.42 Å². The second kappa shape index (κ2) is 7.46. The van der Waals surface area contributed by atoms with E-state index >= 15 is 0 Å². The molecular formula is C17H27N3O. The molecule has 21 heavy (non-hydrogen) atoms. The van der Waals surface area contributed by atoms with Crippen LogP contribution in [0, 0.1) is 13.8 Å². The molecule has 2 heterocycles. The van der Waals surface area contributed by atoms with Crippen LogP contribution in [-0.2, 0) is 13.0 Å². The lowest BCUT2D eigenvalue weighted by atomic mass is 10.0. The predicted octanol–water partition coefficient (Wildman–Crippen LogP) is 3.79. The van der Waals surface area contributed by atoms with Crippen LogP contribution < -0.4 is 5.32 Å². The van der Waals surface area contributed by atoms with Crippen LogP contribution in [0.2, 0.25) is 0 Å². The Labute approximate surface area is 127 Å². The van der Waals surface area contributed by atoms with E-state index in [9.17, 15) is 0 Å². The third-order valence-corrected chi connectivity index (χ3v) is 3.75. The number of imidazole rings is 1. The number of hydrogen-bond donors (Lipinski definition) is 1. The minimum Gasteiger partial charge on any atom is -0.466 e. The second-order valence-electron chi connectivity index (χ2n) is 5.62. The Hall–Kier alpha value is -1.55. The van der Waals surface area contributed by atoms with E-state index in [1.54, 1.807) is 0 Å². The lowest BCUT2D eigenvalue weighted by molar-refractivity contribution is 0.471. The van der Waals surface area contributed by atoms with E-state index < -0.39 is 0 Å². The van der Waals surface area contributed by atoms with Crippen LogP contribution in [0.25, 0.3) is 0 Å². The van der Waals surface area contributed by atoms with Crippen LogP contribution in [0.1, 0.15) is 55.6 Å². The number of aryl methyl sites for hydroxylation is 3. The van der Waals surface area contributed by atoms with Crippen molar-refractivity contribution in [1.82, 2.24) is 14.9 Å². The van der Waals surface area contributed by atoms with Gasteiger partial charge in [0.05, 0.1) is 0 Å². The molecule has 0 aliphatic heterocycles. The summed E-state index contributed by atoms with van der Waals surface area (Å²) in [6, 6.07) is 2.41. The van der Waals surface area contributed by atoms with Gasteiger partial charge in [0.2, 0.25) is 0 Å². The summed E-state index contributed by atoms with van der Waals surface area (Å²) in [4.78, 5) is 4.54. The molecular weight excluding hydrogens is 262 g/mol. The summed E-state index contributed by atoms with van der Waals surface area (Å²) in [5, 5.41) is 3.63. The summed E-state index contributed by atoms with van der Waals surface area (Å²) in [6.45, 7) is 10.5. The smallest absolute Gasteiger partial charge is 0.110 e. The van der Waals surface area contributed by atoms with E-state index in [2.05, 4.69) is 41.0 Å². The number of hydrogen-bond acceptors (Lipinski definition) is 3. The minimum absolute atomic E-state index is 0.264. The highest BCUT2D eigenvalue weighted by molar-refractivity contribution is 5.25. The van der Waals surface area contributed by atoms with Crippen LogP contribution in [0.3, 0.4) is 0 Å². The Morgan fingerprint density at radius 1 is 1.29 bits per heavy atom. The fourth-order valence-electron chi connectivity index (χ4n) is 2.76. The summed E-state index contributed by atoms with van der Waals surface area (Å²) in [7, 11) is 0. The highest BCUT2D eigenvalue weighted by atomic mass is 16.3. The van der Waals surface area contributed by atoms with Crippen LogP contribution in [0.15, 0.2) is 22.9 Å². The van der Waals surface area contributed by atoms with E-state index in [0.717, 1.165) is 49.7 Å². The molecule has 0 fully saturated rings. The van der Waals surface area contributed by atoms with Crippen molar-refractivity contribution in [3.8, 4) is 0 Å². The SMILES string of the molecule is CCCNC(Cc1nccn1CCC)c1cc(C)oc1C. The summed E-state index contributed by atoms with van der Waals surface area (Å²) in [5.74, 6) is 3.13. The molecule has 116 valence electrons. The van der Waals surface area contributed by atoms with Crippen molar-refractivity contribution in [2.45, 2.75) is 59.5 Å². The highest BCUT2D eigenvalue weighted by Crippen LogP contribution is 2.24. The molecule has 4 nitrogen and oxygen atoms in total. The fraction of sp³-hybridized carbons (Fsp3) is 0.588. The summed E-state index contributed by atoms with van der Waals surface area (Å²) < 4.78 is 7.96. The van der Waals surface area contributed by atoms with Gasteiger partial charge in [-0.15, -0.1) is 0 Å². The molecule has 0 aliphatic carbocycles. The average molecular weight is 289 g/mol. The first-order valence-corrected chi connectivity index (χ1v) is 7.96. The van der Waals surface area contributed by atoms with Gasteiger partial charge in [-0.1, -0.05) is 13.8 Å². The molecule has 2 rings (SSSR count). The molecule has 1 atom stereocenters. The molecule has 2 aromatic rings. The summed E-state index contributed by atoms with van der Waals surface area (Å²) >= 11 is 0. The van der Waals surface area contributed by atoms with E-state index in [-0.39, 0.29) is 6.04 Å². The Morgan fingerprint density at radius 2 is 2.10 bits per heavy atom. The first-order valence-electron chi connectivity index (χ1n) is 7.96. The van der Waals surface area contributed by atoms with Crippen molar-refractivity contribution >= 4 is 0 Å². The molecule has 0 aliphatic rings. The number of rotatable bonds is 8. The molecule has 0 amide bonds.